The second kappa shape index (κ2) is 11.4. The molecule has 0 radical (unpaired) electrons. The van der Waals surface area contributed by atoms with Gasteiger partial charge < -0.3 is 24.2 Å². The van der Waals surface area contributed by atoms with Crippen LogP contribution >= 0.6 is 11.6 Å². The first-order chi connectivity index (χ1) is 20.7. The molecule has 0 aliphatic carbocycles. The maximum absolute atomic E-state index is 14.2. The summed E-state index contributed by atoms with van der Waals surface area (Å²) in [5.74, 6) is -1.19. The number of likely N-dealkylation sites (tertiary alicyclic amines) is 1. The van der Waals surface area contributed by atoms with Crippen LogP contribution in [0.5, 0.6) is 0 Å². The summed E-state index contributed by atoms with van der Waals surface area (Å²) in [6.45, 7) is 0.00833. The van der Waals surface area contributed by atoms with E-state index in [4.69, 9.17) is 16.0 Å². The number of benzene rings is 3. The Kier molecular flexibility index (Phi) is 7.53. The molecule has 4 aromatic rings. The lowest BCUT2D eigenvalue weighted by Crippen LogP contribution is -2.67. The molecule has 220 valence electrons. The Morgan fingerprint density at radius 3 is 2.23 bits per heavy atom. The van der Waals surface area contributed by atoms with Gasteiger partial charge in [-0.3, -0.25) is 9.69 Å². The molecule has 2 aliphatic rings. The van der Waals surface area contributed by atoms with E-state index in [9.17, 15) is 24.3 Å². The van der Waals surface area contributed by atoms with Gasteiger partial charge in [-0.25, -0.2) is 14.4 Å². The summed E-state index contributed by atoms with van der Waals surface area (Å²) in [4.78, 5) is 59.7. The number of aliphatic carboxylic acids is 1. The molecule has 10 nitrogen and oxygen atoms in total. The second-order valence-electron chi connectivity index (χ2n) is 10.8. The smallest absolute Gasteiger partial charge is 0.329 e. The van der Waals surface area contributed by atoms with Crippen LogP contribution in [-0.4, -0.2) is 69.6 Å². The van der Waals surface area contributed by atoms with Gasteiger partial charge in [0.05, 0.1) is 47.2 Å². The number of piperazine rings is 1. The lowest BCUT2D eigenvalue weighted by molar-refractivity contribution is -0.145. The van der Waals surface area contributed by atoms with Crippen molar-refractivity contribution in [2.24, 2.45) is 0 Å². The third-order valence-electron chi connectivity index (χ3n) is 8.13. The largest absolute Gasteiger partial charge is 0.480 e. The van der Waals surface area contributed by atoms with Gasteiger partial charge in [0.15, 0.2) is 11.5 Å². The van der Waals surface area contributed by atoms with E-state index >= 15 is 0 Å². The fourth-order valence-electron chi connectivity index (χ4n) is 6.17. The van der Waals surface area contributed by atoms with Crippen LogP contribution in [0.1, 0.15) is 18.4 Å². The summed E-state index contributed by atoms with van der Waals surface area (Å²) in [5.41, 5.74) is 1.55. The summed E-state index contributed by atoms with van der Waals surface area (Å²) in [5, 5.41) is 11.1. The zero-order valence-electron chi connectivity index (χ0n) is 23.3. The van der Waals surface area contributed by atoms with Crippen molar-refractivity contribution in [3.8, 4) is 0 Å². The Morgan fingerprint density at radius 2 is 1.60 bits per heavy atom. The third-order valence-corrected chi connectivity index (χ3v) is 8.37. The quantitative estimate of drug-likeness (QED) is 0.321. The van der Waals surface area contributed by atoms with Gasteiger partial charge in [-0.2, -0.15) is 0 Å². The number of amides is 4. The molecule has 11 heteroatoms. The number of fused-ring (bicyclic) bond motifs is 3. The average molecular weight is 601 g/mol. The standard InChI is InChI=1S/C32H29ClN4O6/c1-34(17-20-19-43-27-15-12-21(33)16-25(27)29(20)38)31(41)37-24-13-14-26(37)28(30(39)40)35(18-24)32(42)36(22-8-4-2-5-9-22)23-10-6-3-7-11-23/h2-12,15-16,19,24,26,28H,13-14,17-18H2,1H3,(H,39,40)/t24-,26+,28-/m0/s1. The topological polar surface area (TPSA) is 115 Å². The van der Waals surface area contributed by atoms with Crippen molar-refractivity contribution in [2.75, 3.05) is 18.5 Å². The normalized spacial score (nSPS) is 19.3. The first kappa shape index (κ1) is 28.3. The molecule has 1 aromatic heterocycles. The van der Waals surface area contributed by atoms with Gasteiger partial charge in [-0.15, -0.1) is 0 Å². The average Bonchev–Trinajstić information content (AvgIpc) is 3.31. The molecule has 4 amide bonds. The van der Waals surface area contributed by atoms with Crippen LogP contribution in [-0.2, 0) is 11.3 Å². The molecule has 0 spiro atoms. The van der Waals surface area contributed by atoms with E-state index in [0.717, 1.165) is 0 Å². The van der Waals surface area contributed by atoms with Gasteiger partial charge in [0.25, 0.3) is 0 Å². The summed E-state index contributed by atoms with van der Waals surface area (Å²) >= 11 is 6.07. The van der Waals surface area contributed by atoms with Crippen LogP contribution in [0.25, 0.3) is 11.0 Å². The monoisotopic (exact) mass is 600 g/mol. The lowest BCUT2D eigenvalue weighted by atomic mass is 10.0. The second-order valence-corrected chi connectivity index (χ2v) is 11.2. The van der Waals surface area contributed by atoms with E-state index in [-0.39, 0.29) is 30.1 Å². The molecule has 2 fully saturated rings. The lowest BCUT2D eigenvalue weighted by Gasteiger charge is -2.47. The van der Waals surface area contributed by atoms with Crippen LogP contribution in [0.15, 0.2) is 94.3 Å². The predicted molar refractivity (Wildman–Crippen MR) is 162 cm³/mol. The molecule has 3 aromatic carbocycles. The van der Waals surface area contributed by atoms with Crippen molar-refractivity contribution in [2.45, 2.75) is 37.5 Å². The number of nitrogens with zero attached hydrogens (tertiary/aromatic N) is 4. The summed E-state index contributed by atoms with van der Waals surface area (Å²) in [6.07, 6.45) is 2.30. The molecule has 2 bridgehead atoms. The molecular formula is C32H29ClN4O6. The minimum atomic E-state index is -1.26. The zero-order valence-corrected chi connectivity index (χ0v) is 24.1. The third kappa shape index (κ3) is 5.18. The number of carbonyl (C=O) groups is 3. The molecule has 0 unspecified atom stereocenters. The number of carbonyl (C=O) groups excluding carboxylic acids is 2. The maximum Gasteiger partial charge on any atom is 0.329 e. The minimum absolute atomic E-state index is 0.0459. The summed E-state index contributed by atoms with van der Waals surface area (Å²) in [7, 11) is 1.56. The number of hydrogen-bond donors (Lipinski definition) is 1. The highest BCUT2D eigenvalue weighted by Gasteiger charge is 2.54. The zero-order chi connectivity index (χ0) is 30.2. The molecule has 43 heavy (non-hydrogen) atoms. The number of para-hydroxylation sites is 2. The van der Waals surface area contributed by atoms with Gasteiger partial charge in [-0.05, 0) is 55.3 Å². The first-order valence-electron chi connectivity index (χ1n) is 13.9. The number of hydrogen-bond acceptors (Lipinski definition) is 5. The van der Waals surface area contributed by atoms with Crippen molar-refractivity contribution in [3.05, 3.63) is 106 Å². The molecule has 1 N–H and O–H groups in total. The number of halogens is 1. The highest BCUT2D eigenvalue weighted by molar-refractivity contribution is 6.31. The van der Waals surface area contributed by atoms with Crippen molar-refractivity contribution < 1.29 is 23.9 Å². The molecule has 3 atom stereocenters. The van der Waals surface area contributed by atoms with E-state index in [1.54, 1.807) is 48.3 Å². The molecule has 2 saturated heterocycles. The Morgan fingerprint density at radius 1 is 0.953 bits per heavy atom. The fraction of sp³-hybridized carbons (Fsp3) is 0.250. The molecule has 2 aliphatic heterocycles. The van der Waals surface area contributed by atoms with E-state index < -0.39 is 30.1 Å². The summed E-state index contributed by atoms with van der Waals surface area (Å²) in [6, 6.07) is 19.6. The van der Waals surface area contributed by atoms with Crippen molar-refractivity contribution in [1.29, 1.82) is 0 Å². The number of urea groups is 2. The SMILES string of the molecule is CN(Cc1coc2ccc(Cl)cc2c1=O)C(=O)N1[C@H]2CC[C@@H]1[C@@H](C(=O)O)N(C(=O)N(c1ccccc1)c1ccccc1)C2. The molecular weight excluding hydrogens is 572 g/mol. The van der Waals surface area contributed by atoms with Gasteiger partial charge in [0.1, 0.15) is 5.58 Å². The Hall–Kier alpha value is -4.83. The molecule has 6 rings (SSSR count). The van der Waals surface area contributed by atoms with E-state index in [1.165, 1.54) is 27.0 Å². The highest BCUT2D eigenvalue weighted by atomic mass is 35.5. The molecule has 3 heterocycles. The maximum atomic E-state index is 14.2. The number of anilines is 2. The van der Waals surface area contributed by atoms with Crippen LogP contribution in [0.2, 0.25) is 5.02 Å². The van der Waals surface area contributed by atoms with Gasteiger partial charge in [0, 0.05) is 18.6 Å². The van der Waals surface area contributed by atoms with Crippen molar-refractivity contribution in [1.82, 2.24) is 14.7 Å². The summed E-state index contributed by atoms with van der Waals surface area (Å²) < 4.78 is 5.61. The molecule has 0 saturated carbocycles. The van der Waals surface area contributed by atoms with Crippen LogP contribution in [0.3, 0.4) is 0 Å². The van der Waals surface area contributed by atoms with Crippen LogP contribution < -0.4 is 10.3 Å². The van der Waals surface area contributed by atoms with E-state index in [1.807, 2.05) is 36.4 Å². The van der Waals surface area contributed by atoms with E-state index in [2.05, 4.69) is 0 Å². The fourth-order valence-corrected chi connectivity index (χ4v) is 6.34. The van der Waals surface area contributed by atoms with Gasteiger partial charge in [-0.1, -0.05) is 48.0 Å². The minimum Gasteiger partial charge on any atom is -0.480 e. The van der Waals surface area contributed by atoms with Gasteiger partial charge in [0.2, 0.25) is 0 Å². The number of rotatable bonds is 5. The van der Waals surface area contributed by atoms with Crippen molar-refractivity contribution in [3.63, 3.8) is 0 Å². The Bertz CT molecular complexity index is 1710. The van der Waals surface area contributed by atoms with Crippen molar-refractivity contribution >= 4 is 52.0 Å². The van der Waals surface area contributed by atoms with Crippen LogP contribution in [0.4, 0.5) is 21.0 Å². The highest BCUT2D eigenvalue weighted by Crippen LogP contribution is 2.37. The van der Waals surface area contributed by atoms with E-state index in [0.29, 0.717) is 40.2 Å². The Balaban J connectivity index is 1.27. The predicted octanol–water partition coefficient (Wildman–Crippen LogP) is 5.56. The first-order valence-corrected chi connectivity index (χ1v) is 14.3. The number of carboxylic acid groups (broad SMARTS) is 1. The van der Waals surface area contributed by atoms with Crippen LogP contribution in [0, 0.1) is 0 Å². The Labute approximate surface area is 252 Å². The van der Waals surface area contributed by atoms with Gasteiger partial charge >= 0.3 is 18.0 Å². The number of carboxylic acids is 1.